The van der Waals surface area contributed by atoms with Gasteiger partial charge in [0.25, 0.3) is 0 Å². The van der Waals surface area contributed by atoms with Crippen LogP contribution < -0.4 is 0 Å². The molecular formula is C17H25N. The topological polar surface area (TPSA) is 3.24 Å². The van der Waals surface area contributed by atoms with E-state index in [4.69, 9.17) is 0 Å². The molecule has 2 aliphatic carbocycles. The van der Waals surface area contributed by atoms with Gasteiger partial charge in [0.15, 0.2) is 0 Å². The third kappa shape index (κ3) is 1.64. The fraction of sp³-hybridized carbons (Fsp3) is 0.647. The van der Waals surface area contributed by atoms with Crippen LogP contribution in [0, 0.1) is 5.92 Å². The molecule has 0 spiro atoms. The lowest BCUT2D eigenvalue weighted by molar-refractivity contribution is 0.227. The monoisotopic (exact) mass is 243 g/mol. The van der Waals surface area contributed by atoms with Crippen molar-refractivity contribution in [2.45, 2.75) is 51.5 Å². The normalized spacial score (nSPS) is 30.4. The van der Waals surface area contributed by atoms with Crippen LogP contribution in [0.3, 0.4) is 0 Å². The number of hydrogen-bond acceptors (Lipinski definition) is 1. The molecule has 0 fully saturated rings. The van der Waals surface area contributed by atoms with E-state index in [1.807, 2.05) is 0 Å². The zero-order chi connectivity index (χ0) is 12.9. The average molecular weight is 243 g/mol. The Morgan fingerprint density at radius 3 is 2.50 bits per heavy atom. The standard InChI is InChI=1S/C17H25N/c1-11-12(2)17(18(3)4)15-10-9-13-7-5-6-8-14(13)16(11)15/h9-12,17H,5-8H2,1-4H3. The van der Waals surface area contributed by atoms with E-state index in [0.717, 1.165) is 11.8 Å². The minimum atomic E-state index is 0.613. The second-order valence-electron chi connectivity index (χ2n) is 6.47. The third-order valence-electron chi connectivity index (χ3n) is 5.23. The Morgan fingerprint density at radius 2 is 1.78 bits per heavy atom. The predicted octanol–water partition coefficient (Wildman–Crippen LogP) is 3.92. The van der Waals surface area contributed by atoms with Crippen molar-refractivity contribution in [1.82, 2.24) is 4.90 Å². The van der Waals surface area contributed by atoms with E-state index in [0.29, 0.717) is 6.04 Å². The van der Waals surface area contributed by atoms with Crippen LogP contribution in [0.5, 0.6) is 0 Å². The van der Waals surface area contributed by atoms with Crippen molar-refractivity contribution in [2.75, 3.05) is 14.1 Å². The van der Waals surface area contributed by atoms with Crippen LogP contribution in [0.2, 0.25) is 0 Å². The highest BCUT2D eigenvalue weighted by Gasteiger charge is 2.38. The molecule has 3 rings (SSSR count). The highest BCUT2D eigenvalue weighted by atomic mass is 15.1. The largest absolute Gasteiger partial charge is 0.302 e. The zero-order valence-electron chi connectivity index (χ0n) is 12.2. The molecule has 0 bridgehead atoms. The summed E-state index contributed by atoms with van der Waals surface area (Å²) in [5.74, 6) is 1.46. The van der Waals surface area contributed by atoms with Gasteiger partial charge in [0.05, 0.1) is 0 Å². The Balaban J connectivity index is 2.15. The number of aryl methyl sites for hydroxylation is 1. The van der Waals surface area contributed by atoms with E-state index in [-0.39, 0.29) is 0 Å². The van der Waals surface area contributed by atoms with Gasteiger partial charge in [0.2, 0.25) is 0 Å². The quantitative estimate of drug-likeness (QED) is 0.722. The molecule has 1 aromatic carbocycles. The maximum atomic E-state index is 2.43. The average Bonchev–Trinajstić information content (AvgIpc) is 2.62. The molecule has 98 valence electrons. The highest BCUT2D eigenvalue weighted by Crippen LogP contribution is 2.49. The minimum Gasteiger partial charge on any atom is -0.302 e. The van der Waals surface area contributed by atoms with Crippen LogP contribution in [-0.4, -0.2) is 19.0 Å². The van der Waals surface area contributed by atoms with Gasteiger partial charge in [-0.05, 0) is 73.9 Å². The van der Waals surface area contributed by atoms with Gasteiger partial charge < -0.3 is 4.90 Å². The molecule has 3 unspecified atom stereocenters. The predicted molar refractivity (Wildman–Crippen MR) is 77.1 cm³/mol. The molecule has 3 atom stereocenters. The molecule has 0 heterocycles. The molecule has 0 saturated heterocycles. The van der Waals surface area contributed by atoms with Crippen molar-refractivity contribution < 1.29 is 0 Å². The maximum absolute atomic E-state index is 2.43. The molecule has 0 aliphatic heterocycles. The van der Waals surface area contributed by atoms with Gasteiger partial charge in [0.1, 0.15) is 0 Å². The Labute approximate surface area is 111 Å². The van der Waals surface area contributed by atoms with Gasteiger partial charge in [-0.25, -0.2) is 0 Å². The lowest BCUT2D eigenvalue weighted by Crippen LogP contribution is -2.23. The van der Waals surface area contributed by atoms with Crippen LogP contribution in [0.1, 0.15) is 60.9 Å². The van der Waals surface area contributed by atoms with Crippen molar-refractivity contribution in [3.8, 4) is 0 Å². The summed E-state index contributed by atoms with van der Waals surface area (Å²) >= 11 is 0. The summed E-state index contributed by atoms with van der Waals surface area (Å²) in [5.41, 5.74) is 6.67. The second-order valence-corrected chi connectivity index (χ2v) is 6.47. The van der Waals surface area contributed by atoms with Crippen molar-refractivity contribution in [2.24, 2.45) is 5.92 Å². The lowest BCUT2D eigenvalue weighted by atomic mass is 9.83. The molecule has 0 amide bonds. The maximum Gasteiger partial charge on any atom is 0.0376 e. The first kappa shape index (κ1) is 12.2. The van der Waals surface area contributed by atoms with E-state index in [1.54, 1.807) is 22.3 Å². The van der Waals surface area contributed by atoms with Gasteiger partial charge in [-0.2, -0.15) is 0 Å². The number of benzene rings is 1. The summed E-state index contributed by atoms with van der Waals surface area (Å²) in [7, 11) is 4.45. The fourth-order valence-electron chi connectivity index (χ4n) is 4.24. The van der Waals surface area contributed by atoms with Gasteiger partial charge in [-0.1, -0.05) is 26.0 Å². The number of hydrogen-bond donors (Lipinski definition) is 0. The van der Waals surface area contributed by atoms with Crippen LogP contribution in [0.25, 0.3) is 0 Å². The first-order chi connectivity index (χ1) is 8.61. The first-order valence-electron chi connectivity index (χ1n) is 7.42. The molecule has 1 aromatic rings. The third-order valence-corrected chi connectivity index (χ3v) is 5.23. The van der Waals surface area contributed by atoms with E-state index in [9.17, 15) is 0 Å². The highest BCUT2D eigenvalue weighted by molar-refractivity contribution is 5.49. The van der Waals surface area contributed by atoms with E-state index < -0.39 is 0 Å². The summed E-state index contributed by atoms with van der Waals surface area (Å²) in [6.45, 7) is 4.85. The van der Waals surface area contributed by atoms with Crippen LogP contribution in [-0.2, 0) is 12.8 Å². The van der Waals surface area contributed by atoms with Crippen molar-refractivity contribution >= 4 is 0 Å². The van der Waals surface area contributed by atoms with Gasteiger partial charge >= 0.3 is 0 Å². The summed E-state index contributed by atoms with van der Waals surface area (Å²) < 4.78 is 0. The molecule has 1 heteroatoms. The smallest absolute Gasteiger partial charge is 0.0376 e. The van der Waals surface area contributed by atoms with E-state index in [1.165, 1.54) is 25.7 Å². The molecular weight excluding hydrogens is 218 g/mol. The molecule has 0 N–H and O–H groups in total. The molecule has 2 aliphatic rings. The zero-order valence-corrected chi connectivity index (χ0v) is 12.2. The van der Waals surface area contributed by atoms with Gasteiger partial charge in [0, 0.05) is 6.04 Å². The molecule has 0 radical (unpaired) electrons. The van der Waals surface area contributed by atoms with Crippen LogP contribution in [0.15, 0.2) is 12.1 Å². The molecule has 18 heavy (non-hydrogen) atoms. The molecule has 0 saturated carbocycles. The minimum absolute atomic E-state index is 0.613. The van der Waals surface area contributed by atoms with Crippen molar-refractivity contribution in [3.63, 3.8) is 0 Å². The summed E-state index contributed by atoms with van der Waals surface area (Å²) in [6.07, 6.45) is 5.38. The second kappa shape index (κ2) is 4.38. The fourth-order valence-corrected chi connectivity index (χ4v) is 4.24. The molecule has 1 nitrogen and oxygen atoms in total. The molecule has 0 aromatic heterocycles. The van der Waals surface area contributed by atoms with Crippen molar-refractivity contribution in [3.05, 3.63) is 34.4 Å². The van der Waals surface area contributed by atoms with E-state index in [2.05, 4.69) is 45.0 Å². The van der Waals surface area contributed by atoms with Gasteiger partial charge in [-0.15, -0.1) is 0 Å². The van der Waals surface area contributed by atoms with Crippen molar-refractivity contribution in [1.29, 1.82) is 0 Å². The number of nitrogens with zero attached hydrogens (tertiary/aromatic N) is 1. The number of fused-ring (bicyclic) bond motifs is 3. The summed E-state index contributed by atoms with van der Waals surface area (Å²) in [5, 5.41) is 0. The summed E-state index contributed by atoms with van der Waals surface area (Å²) in [4.78, 5) is 2.40. The first-order valence-corrected chi connectivity index (χ1v) is 7.42. The summed E-state index contributed by atoms with van der Waals surface area (Å²) in [6, 6.07) is 5.45. The number of rotatable bonds is 1. The van der Waals surface area contributed by atoms with Crippen LogP contribution in [0.4, 0.5) is 0 Å². The van der Waals surface area contributed by atoms with E-state index >= 15 is 0 Å². The van der Waals surface area contributed by atoms with Crippen LogP contribution >= 0.6 is 0 Å². The Bertz CT molecular complexity index is 461. The van der Waals surface area contributed by atoms with Gasteiger partial charge in [-0.3, -0.25) is 0 Å². The lowest BCUT2D eigenvalue weighted by Gasteiger charge is -2.26. The Morgan fingerprint density at radius 1 is 1.06 bits per heavy atom. The Kier molecular flexibility index (Phi) is 2.97. The Hall–Kier alpha value is -0.820. The SMILES string of the molecule is CC1c2c(ccc3c2CCCC3)C(N(C)C)C1C.